The van der Waals surface area contributed by atoms with Crippen LogP contribution < -0.4 is 0 Å². The Hall–Kier alpha value is -2.17. The van der Waals surface area contributed by atoms with Crippen LogP contribution in [0.1, 0.15) is 52.3 Å². The number of amides is 1. The molecule has 1 saturated heterocycles. The average Bonchev–Trinajstić information content (AvgIpc) is 2.94. The third kappa shape index (κ3) is 3.66. The Balaban J connectivity index is 1.72. The summed E-state index contributed by atoms with van der Waals surface area (Å²) >= 11 is 0. The van der Waals surface area contributed by atoms with Crippen LogP contribution >= 0.6 is 0 Å². The van der Waals surface area contributed by atoms with Crippen molar-refractivity contribution in [2.75, 3.05) is 6.54 Å². The first-order valence-corrected chi connectivity index (χ1v) is 8.67. The summed E-state index contributed by atoms with van der Waals surface area (Å²) in [5, 5.41) is 8.45. The van der Waals surface area contributed by atoms with Crippen molar-refractivity contribution < 1.29 is 4.79 Å². The number of fused-ring (bicyclic) bond motifs is 1. The van der Waals surface area contributed by atoms with Gasteiger partial charge < -0.3 is 4.90 Å². The van der Waals surface area contributed by atoms with Crippen molar-refractivity contribution in [2.24, 2.45) is 5.41 Å². The van der Waals surface area contributed by atoms with Crippen molar-refractivity contribution in [3.8, 4) is 0 Å². The molecule has 0 bridgehead atoms. The normalized spacial score (nSPS) is 21.3. The first-order chi connectivity index (χ1) is 11.5. The molecule has 0 unspecified atom stereocenters. The molecule has 0 radical (unpaired) electrons. The molecule has 0 N–H and O–H groups in total. The fraction of sp³-hybridized carbons (Fsp3) is 0.526. The maximum Gasteiger partial charge on any atom is 0.223 e. The highest BCUT2D eigenvalue weighted by atomic mass is 16.2. The fourth-order valence-electron chi connectivity index (χ4n) is 3.42. The first kappa shape index (κ1) is 16.7. The molecule has 1 aliphatic rings. The molecule has 1 amide bonds. The zero-order chi connectivity index (χ0) is 17.2. The van der Waals surface area contributed by atoms with Crippen LogP contribution in [0.15, 0.2) is 36.0 Å². The monoisotopic (exact) mass is 326 g/mol. The molecule has 2 aromatic heterocycles. The number of allylic oxidation sites excluding steroid dienone is 2. The van der Waals surface area contributed by atoms with E-state index < -0.39 is 0 Å². The van der Waals surface area contributed by atoms with Gasteiger partial charge in [0, 0.05) is 19.2 Å². The molecule has 2 aromatic rings. The molecule has 0 saturated carbocycles. The van der Waals surface area contributed by atoms with E-state index in [4.69, 9.17) is 0 Å². The first-order valence-electron chi connectivity index (χ1n) is 8.67. The van der Waals surface area contributed by atoms with Gasteiger partial charge in [-0.05, 0) is 50.7 Å². The lowest BCUT2D eigenvalue weighted by Gasteiger charge is -2.40. The van der Waals surface area contributed by atoms with Gasteiger partial charge in [0.05, 0.1) is 6.54 Å². The van der Waals surface area contributed by atoms with Crippen LogP contribution in [0, 0.1) is 5.41 Å². The van der Waals surface area contributed by atoms with Gasteiger partial charge in [-0.3, -0.25) is 9.20 Å². The Kier molecular flexibility index (Phi) is 4.69. The lowest BCUT2D eigenvalue weighted by atomic mass is 9.77. The number of carbonyl (C=O) groups is 1. The number of aromatic nitrogens is 3. The van der Waals surface area contributed by atoms with Gasteiger partial charge in [-0.25, -0.2) is 0 Å². The Morgan fingerprint density at radius 2 is 2.17 bits per heavy atom. The quantitative estimate of drug-likeness (QED) is 0.789. The van der Waals surface area contributed by atoms with E-state index in [1.807, 2.05) is 33.7 Å². The van der Waals surface area contributed by atoms with E-state index in [1.54, 1.807) is 0 Å². The maximum atomic E-state index is 12.4. The Morgan fingerprint density at radius 3 is 2.96 bits per heavy atom. The number of carbonyl (C=O) groups excluding carboxylic acids is 1. The van der Waals surface area contributed by atoms with Crippen molar-refractivity contribution >= 4 is 11.6 Å². The SMILES string of the molecule is CC(C)=CCC[C@]1(C)CCC(=O)N(Cc2nnc3ccccn23)C1. The molecule has 3 rings (SSSR count). The molecular formula is C19H26N4O. The number of pyridine rings is 1. The second-order valence-electron chi connectivity index (χ2n) is 7.43. The van der Waals surface area contributed by atoms with Crippen LogP contribution in [0.3, 0.4) is 0 Å². The third-order valence-corrected chi connectivity index (χ3v) is 4.88. The zero-order valence-corrected chi connectivity index (χ0v) is 14.8. The van der Waals surface area contributed by atoms with Gasteiger partial charge in [0.25, 0.3) is 0 Å². The lowest BCUT2D eigenvalue weighted by Crippen LogP contribution is -2.45. The summed E-state index contributed by atoms with van der Waals surface area (Å²) in [6.45, 7) is 7.89. The van der Waals surface area contributed by atoms with Crippen molar-refractivity contribution in [1.29, 1.82) is 0 Å². The van der Waals surface area contributed by atoms with E-state index >= 15 is 0 Å². The summed E-state index contributed by atoms with van der Waals surface area (Å²) in [6, 6.07) is 5.83. The minimum absolute atomic E-state index is 0.181. The summed E-state index contributed by atoms with van der Waals surface area (Å²) < 4.78 is 1.96. The van der Waals surface area contributed by atoms with Crippen LogP contribution in [-0.2, 0) is 11.3 Å². The van der Waals surface area contributed by atoms with Crippen molar-refractivity contribution in [1.82, 2.24) is 19.5 Å². The van der Waals surface area contributed by atoms with Crippen LogP contribution in [-0.4, -0.2) is 31.9 Å². The minimum Gasteiger partial charge on any atom is -0.335 e. The maximum absolute atomic E-state index is 12.4. The van der Waals surface area contributed by atoms with Crippen LogP contribution in [0.5, 0.6) is 0 Å². The predicted octanol–water partition coefficient (Wildman–Crippen LogP) is 3.60. The van der Waals surface area contributed by atoms with E-state index in [0.717, 1.165) is 37.3 Å². The summed E-state index contributed by atoms with van der Waals surface area (Å²) in [7, 11) is 0. The third-order valence-electron chi connectivity index (χ3n) is 4.88. The molecule has 128 valence electrons. The molecule has 0 aromatic carbocycles. The van der Waals surface area contributed by atoms with E-state index in [0.29, 0.717) is 13.0 Å². The van der Waals surface area contributed by atoms with Crippen LogP contribution in [0.25, 0.3) is 5.65 Å². The van der Waals surface area contributed by atoms with Gasteiger partial charge in [-0.2, -0.15) is 0 Å². The van der Waals surface area contributed by atoms with Gasteiger partial charge in [0.15, 0.2) is 11.5 Å². The summed E-state index contributed by atoms with van der Waals surface area (Å²) in [4.78, 5) is 14.3. The van der Waals surface area contributed by atoms with Crippen molar-refractivity contribution in [2.45, 2.75) is 53.0 Å². The molecule has 3 heterocycles. The highest BCUT2D eigenvalue weighted by molar-refractivity contribution is 5.77. The van der Waals surface area contributed by atoms with Gasteiger partial charge in [0.2, 0.25) is 5.91 Å². The topological polar surface area (TPSA) is 50.5 Å². The molecular weight excluding hydrogens is 300 g/mol. The van der Waals surface area contributed by atoms with Crippen LogP contribution in [0.2, 0.25) is 0 Å². The Bertz CT molecular complexity index is 760. The van der Waals surface area contributed by atoms with Gasteiger partial charge in [0.1, 0.15) is 0 Å². The molecule has 5 heteroatoms. The predicted molar refractivity (Wildman–Crippen MR) is 94.4 cm³/mol. The van der Waals surface area contributed by atoms with E-state index in [2.05, 4.69) is 37.0 Å². The molecule has 1 aliphatic heterocycles. The van der Waals surface area contributed by atoms with E-state index in [9.17, 15) is 4.79 Å². The van der Waals surface area contributed by atoms with Crippen LogP contribution in [0.4, 0.5) is 0 Å². The van der Waals surface area contributed by atoms with Crippen molar-refractivity contribution in [3.05, 3.63) is 41.9 Å². The number of likely N-dealkylation sites (tertiary alicyclic amines) is 1. The number of hydrogen-bond donors (Lipinski definition) is 0. The van der Waals surface area contributed by atoms with Gasteiger partial charge >= 0.3 is 0 Å². The standard InChI is InChI=1S/C19H26N4O/c1-15(2)7-6-10-19(3)11-9-18(24)22(14-19)13-17-21-20-16-8-4-5-12-23(16)17/h4-5,7-8,12H,6,9-11,13-14H2,1-3H3/t19-/m1/s1. The highest BCUT2D eigenvalue weighted by Crippen LogP contribution is 2.35. The molecule has 0 aliphatic carbocycles. The zero-order valence-electron chi connectivity index (χ0n) is 14.8. The summed E-state index contributed by atoms with van der Waals surface area (Å²) in [6.07, 6.45) is 8.03. The molecule has 0 spiro atoms. The molecule has 5 nitrogen and oxygen atoms in total. The Labute approximate surface area is 143 Å². The second-order valence-corrected chi connectivity index (χ2v) is 7.43. The summed E-state index contributed by atoms with van der Waals surface area (Å²) in [5.41, 5.74) is 2.36. The number of hydrogen-bond acceptors (Lipinski definition) is 3. The smallest absolute Gasteiger partial charge is 0.223 e. The molecule has 1 atom stereocenters. The fourth-order valence-corrected chi connectivity index (χ4v) is 3.42. The minimum atomic E-state index is 0.181. The lowest BCUT2D eigenvalue weighted by molar-refractivity contribution is -0.138. The summed E-state index contributed by atoms with van der Waals surface area (Å²) in [5.74, 6) is 1.05. The van der Waals surface area contributed by atoms with Crippen molar-refractivity contribution in [3.63, 3.8) is 0 Å². The number of nitrogens with zero attached hydrogens (tertiary/aromatic N) is 4. The molecule has 1 fully saturated rings. The van der Waals surface area contributed by atoms with E-state index in [1.165, 1.54) is 5.57 Å². The second kappa shape index (κ2) is 6.75. The number of rotatable bonds is 5. The largest absolute Gasteiger partial charge is 0.335 e. The van der Waals surface area contributed by atoms with Gasteiger partial charge in [-0.15, -0.1) is 10.2 Å². The highest BCUT2D eigenvalue weighted by Gasteiger charge is 2.34. The van der Waals surface area contributed by atoms with Gasteiger partial charge in [-0.1, -0.05) is 24.6 Å². The number of piperidine rings is 1. The van der Waals surface area contributed by atoms with E-state index in [-0.39, 0.29) is 11.3 Å². The molecule has 24 heavy (non-hydrogen) atoms. The Morgan fingerprint density at radius 1 is 1.33 bits per heavy atom. The average molecular weight is 326 g/mol.